The molecule has 2 amide bonds. The molecule has 0 spiro atoms. The summed E-state index contributed by atoms with van der Waals surface area (Å²) >= 11 is 5.86. The minimum absolute atomic E-state index is 0.101. The molecule has 1 aromatic carbocycles. The van der Waals surface area contributed by atoms with Crippen LogP contribution in [0.1, 0.15) is 5.56 Å². The first-order valence-electron chi connectivity index (χ1n) is 4.63. The molecule has 15 heavy (non-hydrogen) atoms. The minimum Gasteiger partial charge on any atom is -0.336 e. The molecule has 80 valence electrons. The van der Waals surface area contributed by atoms with Crippen molar-refractivity contribution < 1.29 is 9.18 Å². The topological polar surface area (TPSA) is 32.3 Å². The van der Waals surface area contributed by atoms with Crippen LogP contribution in [-0.2, 0) is 6.54 Å². The summed E-state index contributed by atoms with van der Waals surface area (Å²) in [6, 6.07) is 4.10. The number of benzene rings is 1. The Balaban J connectivity index is 2.13. The van der Waals surface area contributed by atoms with E-state index in [1.54, 1.807) is 11.0 Å². The van der Waals surface area contributed by atoms with E-state index in [2.05, 4.69) is 5.32 Å². The van der Waals surface area contributed by atoms with Crippen LogP contribution in [0, 0.1) is 5.82 Å². The normalized spacial score (nSPS) is 15.6. The van der Waals surface area contributed by atoms with Crippen LogP contribution in [0.25, 0.3) is 0 Å². The molecule has 0 unspecified atom stereocenters. The Hall–Kier alpha value is -1.29. The molecule has 1 aliphatic heterocycles. The summed E-state index contributed by atoms with van der Waals surface area (Å²) in [6.45, 7) is 1.73. The standard InChI is InChI=1S/C10H10ClFN2O/c11-9-5-8(12)2-1-7(9)6-14-4-3-13-10(14)15/h1-2,5H,3-4,6H2,(H,13,15). The van der Waals surface area contributed by atoms with Gasteiger partial charge in [0.1, 0.15) is 5.82 Å². The Morgan fingerprint density at radius 1 is 1.53 bits per heavy atom. The van der Waals surface area contributed by atoms with Gasteiger partial charge in [0.15, 0.2) is 0 Å². The van der Waals surface area contributed by atoms with Crippen LogP contribution >= 0.6 is 11.6 Å². The van der Waals surface area contributed by atoms with Gasteiger partial charge in [-0.2, -0.15) is 0 Å². The highest BCUT2D eigenvalue weighted by atomic mass is 35.5. The van der Waals surface area contributed by atoms with E-state index in [4.69, 9.17) is 11.6 Å². The third-order valence-electron chi connectivity index (χ3n) is 2.32. The summed E-state index contributed by atoms with van der Waals surface area (Å²) < 4.78 is 12.8. The van der Waals surface area contributed by atoms with Crippen molar-refractivity contribution in [2.75, 3.05) is 13.1 Å². The first-order chi connectivity index (χ1) is 7.16. The maximum atomic E-state index is 12.8. The summed E-state index contributed by atoms with van der Waals surface area (Å²) in [5.74, 6) is -0.366. The molecule has 0 aromatic heterocycles. The quantitative estimate of drug-likeness (QED) is 0.825. The van der Waals surface area contributed by atoms with E-state index >= 15 is 0 Å². The Bertz CT molecular complexity index is 397. The van der Waals surface area contributed by atoms with Gasteiger partial charge in [-0.1, -0.05) is 17.7 Å². The third kappa shape index (κ3) is 2.21. The van der Waals surface area contributed by atoms with Crippen LogP contribution in [0.4, 0.5) is 9.18 Å². The number of urea groups is 1. The van der Waals surface area contributed by atoms with Gasteiger partial charge in [0, 0.05) is 24.7 Å². The molecule has 1 heterocycles. The second kappa shape index (κ2) is 4.06. The maximum Gasteiger partial charge on any atom is 0.317 e. The number of amides is 2. The van der Waals surface area contributed by atoms with Crippen LogP contribution in [-0.4, -0.2) is 24.0 Å². The van der Waals surface area contributed by atoms with E-state index in [9.17, 15) is 9.18 Å². The van der Waals surface area contributed by atoms with E-state index in [1.807, 2.05) is 0 Å². The fourth-order valence-corrected chi connectivity index (χ4v) is 1.74. The fourth-order valence-electron chi connectivity index (χ4n) is 1.52. The average Bonchev–Trinajstić information content (AvgIpc) is 2.57. The van der Waals surface area contributed by atoms with Gasteiger partial charge in [0.2, 0.25) is 0 Å². The molecule has 3 nitrogen and oxygen atoms in total. The first kappa shape index (κ1) is 10.2. The molecule has 0 aliphatic carbocycles. The first-order valence-corrected chi connectivity index (χ1v) is 5.01. The van der Waals surface area contributed by atoms with Crippen molar-refractivity contribution in [3.05, 3.63) is 34.6 Å². The lowest BCUT2D eigenvalue weighted by Crippen LogP contribution is -2.27. The van der Waals surface area contributed by atoms with Gasteiger partial charge < -0.3 is 10.2 Å². The summed E-state index contributed by atoms with van der Waals surface area (Å²) in [6.07, 6.45) is 0. The van der Waals surface area contributed by atoms with E-state index in [1.165, 1.54) is 12.1 Å². The monoisotopic (exact) mass is 228 g/mol. The Labute approximate surface area is 91.8 Å². The van der Waals surface area contributed by atoms with E-state index in [0.29, 0.717) is 24.7 Å². The SMILES string of the molecule is O=C1NCCN1Cc1ccc(F)cc1Cl. The molecule has 1 aliphatic rings. The molecule has 1 fully saturated rings. The maximum absolute atomic E-state index is 12.8. The zero-order valence-corrected chi connectivity index (χ0v) is 8.72. The number of carbonyl (C=O) groups excluding carboxylic acids is 1. The van der Waals surface area contributed by atoms with Crippen molar-refractivity contribution in [1.29, 1.82) is 0 Å². The molecule has 0 saturated carbocycles. The zero-order valence-electron chi connectivity index (χ0n) is 7.96. The highest BCUT2D eigenvalue weighted by Crippen LogP contribution is 2.19. The minimum atomic E-state index is -0.366. The molecular formula is C10H10ClFN2O. The van der Waals surface area contributed by atoms with Crippen LogP contribution < -0.4 is 5.32 Å². The number of carbonyl (C=O) groups is 1. The van der Waals surface area contributed by atoms with Crippen molar-refractivity contribution in [3.8, 4) is 0 Å². The molecule has 2 rings (SSSR count). The Morgan fingerprint density at radius 3 is 2.93 bits per heavy atom. The molecular weight excluding hydrogens is 219 g/mol. The zero-order chi connectivity index (χ0) is 10.8. The van der Waals surface area contributed by atoms with Crippen molar-refractivity contribution >= 4 is 17.6 Å². The molecule has 1 aromatic rings. The summed E-state index contributed by atoms with van der Waals surface area (Å²) in [5.41, 5.74) is 0.759. The number of nitrogens with one attached hydrogen (secondary N) is 1. The molecule has 5 heteroatoms. The van der Waals surface area contributed by atoms with E-state index in [0.717, 1.165) is 5.56 Å². The van der Waals surface area contributed by atoms with Crippen molar-refractivity contribution in [3.63, 3.8) is 0 Å². The number of hydrogen-bond donors (Lipinski definition) is 1. The average molecular weight is 229 g/mol. The van der Waals surface area contributed by atoms with Gasteiger partial charge in [-0.25, -0.2) is 9.18 Å². The molecule has 0 radical (unpaired) electrons. The van der Waals surface area contributed by atoms with Gasteiger partial charge in [0.05, 0.1) is 0 Å². The lowest BCUT2D eigenvalue weighted by Gasteiger charge is -2.14. The number of hydrogen-bond acceptors (Lipinski definition) is 1. The van der Waals surface area contributed by atoms with Gasteiger partial charge in [-0.15, -0.1) is 0 Å². The smallest absolute Gasteiger partial charge is 0.317 e. The predicted octanol–water partition coefficient (Wildman–Crippen LogP) is 2.00. The van der Waals surface area contributed by atoms with Crippen LogP contribution in [0.5, 0.6) is 0 Å². The van der Waals surface area contributed by atoms with Crippen molar-refractivity contribution in [2.24, 2.45) is 0 Å². The van der Waals surface area contributed by atoms with E-state index in [-0.39, 0.29) is 11.8 Å². The predicted molar refractivity (Wildman–Crippen MR) is 55.2 cm³/mol. The second-order valence-corrected chi connectivity index (χ2v) is 3.80. The molecule has 0 atom stereocenters. The third-order valence-corrected chi connectivity index (χ3v) is 2.67. The van der Waals surface area contributed by atoms with E-state index < -0.39 is 0 Å². The van der Waals surface area contributed by atoms with Crippen LogP contribution in [0.2, 0.25) is 5.02 Å². The molecule has 0 bridgehead atoms. The molecule has 1 N–H and O–H groups in total. The second-order valence-electron chi connectivity index (χ2n) is 3.39. The fraction of sp³-hybridized carbons (Fsp3) is 0.300. The number of halogens is 2. The van der Waals surface area contributed by atoms with Gasteiger partial charge in [-0.3, -0.25) is 0 Å². The molecule has 1 saturated heterocycles. The Kier molecular flexibility index (Phi) is 2.77. The highest BCUT2D eigenvalue weighted by molar-refractivity contribution is 6.31. The number of nitrogens with zero attached hydrogens (tertiary/aromatic N) is 1. The summed E-state index contributed by atoms with van der Waals surface area (Å²) in [5, 5.41) is 3.05. The van der Waals surface area contributed by atoms with Gasteiger partial charge >= 0.3 is 6.03 Å². The van der Waals surface area contributed by atoms with Gasteiger partial charge in [0.25, 0.3) is 0 Å². The lowest BCUT2D eigenvalue weighted by molar-refractivity contribution is 0.215. The largest absolute Gasteiger partial charge is 0.336 e. The van der Waals surface area contributed by atoms with Crippen LogP contribution in [0.15, 0.2) is 18.2 Å². The Morgan fingerprint density at radius 2 is 2.33 bits per heavy atom. The highest BCUT2D eigenvalue weighted by Gasteiger charge is 2.20. The van der Waals surface area contributed by atoms with Crippen molar-refractivity contribution in [2.45, 2.75) is 6.54 Å². The number of rotatable bonds is 2. The van der Waals surface area contributed by atoms with Crippen LogP contribution in [0.3, 0.4) is 0 Å². The summed E-state index contributed by atoms with van der Waals surface area (Å²) in [4.78, 5) is 12.9. The van der Waals surface area contributed by atoms with Crippen molar-refractivity contribution in [1.82, 2.24) is 10.2 Å². The summed E-state index contributed by atoms with van der Waals surface area (Å²) in [7, 11) is 0. The lowest BCUT2D eigenvalue weighted by atomic mass is 10.2. The van der Waals surface area contributed by atoms with Gasteiger partial charge in [-0.05, 0) is 17.7 Å².